The van der Waals surface area contributed by atoms with Gasteiger partial charge in [-0.25, -0.2) is 0 Å². The first-order valence-electron chi connectivity index (χ1n) is 6.75. The van der Waals surface area contributed by atoms with E-state index >= 15 is 0 Å². The van der Waals surface area contributed by atoms with Gasteiger partial charge in [-0.1, -0.05) is 17.9 Å². The topological polar surface area (TPSA) is 49.3 Å². The Morgan fingerprint density at radius 1 is 1.29 bits per heavy atom. The molecule has 1 amide bonds. The smallest absolute Gasteiger partial charge is 0.220 e. The largest absolute Gasteiger partial charge is 0.384 e. The van der Waals surface area contributed by atoms with Gasteiger partial charge in [-0.05, 0) is 36.4 Å². The van der Waals surface area contributed by atoms with Gasteiger partial charge >= 0.3 is 0 Å². The Morgan fingerprint density at radius 2 is 2.19 bits per heavy atom. The third kappa shape index (κ3) is 5.72. The molecule has 0 atom stereocenters. The van der Waals surface area contributed by atoms with E-state index in [1.807, 2.05) is 18.2 Å². The predicted octanol–water partition coefficient (Wildman–Crippen LogP) is 2.79. The third-order valence-corrected chi connectivity index (χ3v) is 4.76. The van der Waals surface area contributed by atoms with Crippen LogP contribution in [-0.4, -0.2) is 17.6 Å². The van der Waals surface area contributed by atoms with E-state index in [2.05, 4.69) is 28.6 Å². The van der Waals surface area contributed by atoms with Crippen molar-refractivity contribution in [1.29, 1.82) is 0 Å². The minimum atomic E-state index is -0.131. The highest BCUT2D eigenvalue weighted by molar-refractivity contribution is 7.12. The lowest BCUT2D eigenvalue weighted by molar-refractivity contribution is -0.121. The van der Waals surface area contributed by atoms with Crippen LogP contribution in [0.25, 0.3) is 0 Å². The Morgan fingerprint density at radius 3 is 2.95 bits per heavy atom. The van der Waals surface area contributed by atoms with Crippen molar-refractivity contribution in [2.24, 2.45) is 0 Å². The molecule has 3 nitrogen and oxygen atoms in total. The Labute approximate surface area is 132 Å². The van der Waals surface area contributed by atoms with Crippen LogP contribution in [0.2, 0.25) is 0 Å². The van der Waals surface area contributed by atoms with Crippen molar-refractivity contribution in [3.8, 4) is 11.8 Å². The van der Waals surface area contributed by atoms with Crippen LogP contribution in [0.4, 0.5) is 0 Å². The lowest BCUT2D eigenvalue weighted by Gasteiger charge is -2.03. The fraction of sp³-hybridized carbons (Fsp3) is 0.312. The molecule has 2 heterocycles. The molecule has 110 valence electrons. The van der Waals surface area contributed by atoms with Crippen molar-refractivity contribution in [3.63, 3.8) is 0 Å². The summed E-state index contributed by atoms with van der Waals surface area (Å²) in [6, 6.07) is 8.00. The normalized spacial score (nSPS) is 9.95. The maximum Gasteiger partial charge on any atom is 0.220 e. The van der Waals surface area contributed by atoms with Gasteiger partial charge in [0.25, 0.3) is 0 Å². The number of carbonyl (C=O) groups is 1. The number of hydrogen-bond acceptors (Lipinski definition) is 4. The van der Waals surface area contributed by atoms with E-state index in [1.54, 1.807) is 11.3 Å². The molecule has 0 unspecified atom stereocenters. The Kier molecular flexibility index (Phi) is 6.48. The van der Waals surface area contributed by atoms with Gasteiger partial charge in [-0.2, -0.15) is 0 Å². The first kappa shape index (κ1) is 15.8. The molecule has 0 aromatic carbocycles. The highest BCUT2D eigenvalue weighted by Crippen LogP contribution is 2.15. The Hall–Kier alpha value is -1.61. The van der Waals surface area contributed by atoms with Crippen molar-refractivity contribution >= 4 is 28.6 Å². The van der Waals surface area contributed by atoms with Crippen LogP contribution >= 0.6 is 22.7 Å². The number of aryl methyl sites for hydroxylation is 1. The quantitative estimate of drug-likeness (QED) is 0.804. The molecule has 0 saturated heterocycles. The molecule has 0 aliphatic rings. The summed E-state index contributed by atoms with van der Waals surface area (Å²) in [5.41, 5.74) is 0. The zero-order valence-electron chi connectivity index (χ0n) is 11.6. The van der Waals surface area contributed by atoms with E-state index in [9.17, 15) is 4.79 Å². The average molecular weight is 319 g/mol. The van der Waals surface area contributed by atoms with Gasteiger partial charge < -0.3 is 10.4 Å². The van der Waals surface area contributed by atoms with Crippen molar-refractivity contribution in [1.82, 2.24) is 5.32 Å². The maximum absolute atomic E-state index is 11.8. The van der Waals surface area contributed by atoms with Gasteiger partial charge in [0.1, 0.15) is 6.61 Å². The lowest BCUT2D eigenvalue weighted by Crippen LogP contribution is -2.21. The van der Waals surface area contributed by atoms with Crippen LogP contribution in [0.5, 0.6) is 0 Å². The molecule has 21 heavy (non-hydrogen) atoms. The maximum atomic E-state index is 11.8. The molecule has 0 aliphatic carbocycles. The molecule has 0 spiro atoms. The summed E-state index contributed by atoms with van der Waals surface area (Å²) < 4.78 is 0. The number of aliphatic hydroxyl groups excluding tert-OH is 1. The first-order chi connectivity index (χ1) is 10.3. The highest BCUT2D eigenvalue weighted by atomic mass is 32.1. The van der Waals surface area contributed by atoms with Crippen LogP contribution in [0.15, 0.2) is 29.6 Å². The van der Waals surface area contributed by atoms with Crippen LogP contribution in [0.1, 0.15) is 27.5 Å². The molecule has 0 saturated carbocycles. The number of thiophene rings is 2. The fourth-order valence-corrected chi connectivity index (χ4v) is 3.39. The molecule has 5 heteroatoms. The second kappa shape index (κ2) is 8.63. The summed E-state index contributed by atoms with van der Waals surface area (Å²) in [7, 11) is 0. The molecule has 0 bridgehead atoms. The van der Waals surface area contributed by atoms with E-state index in [0.717, 1.165) is 22.6 Å². The Bertz CT molecular complexity index is 620. The van der Waals surface area contributed by atoms with E-state index < -0.39 is 0 Å². The SMILES string of the molecule is O=C(CCCc1cccs1)NCc1ccc(C#CCO)s1. The summed E-state index contributed by atoms with van der Waals surface area (Å²) in [5, 5.41) is 13.6. The van der Waals surface area contributed by atoms with E-state index in [4.69, 9.17) is 5.11 Å². The molecule has 0 radical (unpaired) electrons. The number of hydrogen-bond donors (Lipinski definition) is 2. The van der Waals surface area contributed by atoms with Gasteiger partial charge in [0.2, 0.25) is 5.91 Å². The van der Waals surface area contributed by atoms with Gasteiger partial charge in [0.15, 0.2) is 0 Å². The van der Waals surface area contributed by atoms with Gasteiger partial charge in [0, 0.05) is 16.2 Å². The van der Waals surface area contributed by atoms with Crippen molar-refractivity contribution in [2.45, 2.75) is 25.8 Å². The van der Waals surface area contributed by atoms with E-state index in [0.29, 0.717) is 13.0 Å². The summed E-state index contributed by atoms with van der Waals surface area (Å²) >= 11 is 3.27. The molecule has 2 N–H and O–H groups in total. The first-order valence-corrected chi connectivity index (χ1v) is 8.45. The number of aliphatic hydroxyl groups is 1. The summed E-state index contributed by atoms with van der Waals surface area (Å²) in [6.07, 6.45) is 2.40. The van der Waals surface area contributed by atoms with Crippen molar-refractivity contribution < 1.29 is 9.90 Å². The minimum absolute atomic E-state index is 0.0861. The molecular formula is C16H17NO2S2. The minimum Gasteiger partial charge on any atom is -0.384 e. The van der Waals surface area contributed by atoms with E-state index in [1.165, 1.54) is 16.2 Å². The molecular weight excluding hydrogens is 302 g/mol. The second-order valence-corrected chi connectivity index (χ2v) is 6.64. The highest BCUT2D eigenvalue weighted by Gasteiger charge is 2.04. The molecule has 0 aliphatic heterocycles. The zero-order chi connectivity index (χ0) is 14.9. The monoisotopic (exact) mass is 319 g/mol. The predicted molar refractivity (Wildman–Crippen MR) is 87.4 cm³/mol. The van der Waals surface area contributed by atoms with Crippen LogP contribution in [0, 0.1) is 11.8 Å². The lowest BCUT2D eigenvalue weighted by atomic mass is 10.2. The molecule has 2 rings (SSSR count). The number of amides is 1. The van der Waals surface area contributed by atoms with Crippen LogP contribution < -0.4 is 5.32 Å². The zero-order valence-corrected chi connectivity index (χ0v) is 13.2. The summed E-state index contributed by atoms with van der Waals surface area (Å²) in [6.45, 7) is 0.414. The van der Waals surface area contributed by atoms with Crippen LogP contribution in [0.3, 0.4) is 0 Å². The van der Waals surface area contributed by atoms with Gasteiger partial charge in [-0.3, -0.25) is 4.79 Å². The fourth-order valence-electron chi connectivity index (χ4n) is 1.82. The molecule has 0 fully saturated rings. The summed E-state index contributed by atoms with van der Waals surface area (Å²) in [4.78, 5) is 15.1. The van der Waals surface area contributed by atoms with Crippen LogP contribution in [-0.2, 0) is 17.8 Å². The Balaban J connectivity index is 1.67. The van der Waals surface area contributed by atoms with E-state index in [-0.39, 0.29) is 12.5 Å². The molecule has 2 aromatic heterocycles. The third-order valence-electron chi connectivity index (χ3n) is 2.82. The second-order valence-electron chi connectivity index (χ2n) is 4.44. The van der Waals surface area contributed by atoms with Crippen molar-refractivity contribution in [2.75, 3.05) is 6.61 Å². The number of rotatable bonds is 6. The number of nitrogens with one attached hydrogen (secondary N) is 1. The van der Waals surface area contributed by atoms with Gasteiger partial charge in [-0.15, -0.1) is 22.7 Å². The standard InChI is InChI=1S/C16H17NO2S2/c18-10-2-5-14-8-9-15(21-14)12-17-16(19)7-1-4-13-6-3-11-20-13/h3,6,8-9,11,18H,1,4,7,10,12H2,(H,17,19). The average Bonchev–Trinajstić information content (AvgIpc) is 3.14. The van der Waals surface area contributed by atoms with Gasteiger partial charge in [0.05, 0.1) is 11.4 Å². The summed E-state index contributed by atoms with van der Waals surface area (Å²) in [5.74, 6) is 5.56. The number of carbonyl (C=O) groups excluding carboxylic acids is 1. The van der Waals surface area contributed by atoms with Crippen molar-refractivity contribution in [3.05, 3.63) is 44.3 Å². The molecule has 2 aromatic rings.